The Hall–Kier alpha value is -1.80. The van der Waals surface area contributed by atoms with Crippen LogP contribution in [-0.2, 0) is 0 Å². The van der Waals surface area contributed by atoms with E-state index in [4.69, 9.17) is 27.3 Å². The average Bonchev–Trinajstić information content (AvgIpc) is 3.01. The van der Waals surface area contributed by atoms with Crippen molar-refractivity contribution < 1.29 is 4.74 Å². The zero-order chi connectivity index (χ0) is 18.1. The molecule has 2 unspecified atom stereocenters. The molecule has 5 atom stereocenters. The molecule has 4 rings (SSSR count). The number of piperidine rings is 1. The summed E-state index contributed by atoms with van der Waals surface area (Å²) in [5, 5.41) is 9.51. The lowest BCUT2D eigenvalue weighted by Crippen LogP contribution is -2.52. The summed E-state index contributed by atoms with van der Waals surface area (Å²) in [6.45, 7) is 2.02. The van der Waals surface area contributed by atoms with Gasteiger partial charge in [-0.1, -0.05) is 35.9 Å². The van der Waals surface area contributed by atoms with Gasteiger partial charge in [0.15, 0.2) is 0 Å². The average molecular weight is 370 g/mol. The number of hydrogen-bond acceptors (Lipinski definition) is 4. The summed E-state index contributed by atoms with van der Waals surface area (Å²) in [6.07, 6.45) is 12.2. The van der Waals surface area contributed by atoms with Crippen LogP contribution < -0.4 is 10.5 Å². The number of allylic oxidation sites excluding steroid dienone is 3. The zero-order valence-electron chi connectivity index (χ0n) is 14.7. The molecule has 1 aliphatic heterocycles. The zero-order valence-corrected chi connectivity index (χ0v) is 15.5. The van der Waals surface area contributed by atoms with Crippen LogP contribution in [0.4, 0.5) is 0 Å². The maximum absolute atomic E-state index is 9.07. The fourth-order valence-electron chi connectivity index (χ4n) is 4.60. The van der Waals surface area contributed by atoms with Gasteiger partial charge in [0.2, 0.25) is 0 Å². The second-order valence-corrected chi connectivity index (χ2v) is 7.95. The van der Waals surface area contributed by atoms with Crippen LogP contribution >= 0.6 is 11.6 Å². The van der Waals surface area contributed by atoms with Crippen molar-refractivity contribution in [2.75, 3.05) is 13.1 Å². The molecule has 1 aromatic carbocycles. The standard InChI is InChI=1S/C21H24ClN3O/c22-19-11-17(8-7-15(19)12-23)26-21-18-6-2-1-4-14(18)10-20(21)25-9-3-5-16(24)13-25/h1-2,4,6-8,11,14,16,18,20-21H,3,5,9-10,13,24H2/t14?,16-,18?,20-,21-/m1/s1. The maximum Gasteiger partial charge on any atom is 0.121 e. The first kappa shape index (κ1) is 17.6. The van der Waals surface area contributed by atoms with E-state index in [9.17, 15) is 0 Å². The van der Waals surface area contributed by atoms with Crippen LogP contribution in [0.15, 0.2) is 42.5 Å². The summed E-state index contributed by atoms with van der Waals surface area (Å²) < 4.78 is 6.46. The molecule has 1 heterocycles. The van der Waals surface area contributed by atoms with E-state index in [0.717, 1.165) is 38.1 Å². The van der Waals surface area contributed by atoms with Crippen molar-refractivity contribution in [1.29, 1.82) is 5.26 Å². The van der Waals surface area contributed by atoms with E-state index in [2.05, 4.69) is 35.3 Å². The first-order valence-electron chi connectivity index (χ1n) is 9.36. The van der Waals surface area contributed by atoms with E-state index in [1.165, 1.54) is 0 Å². The molecule has 2 aliphatic carbocycles. The monoisotopic (exact) mass is 369 g/mol. The molecule has 0 spiro atoms. The van der Waals surface area contributed by atoms with Crippen molar-refractivity contribution in [1.82, 2.24) is 4.90 Å². The molecule has 1 aromatic rings. The number of nitriles is 1. The van der Waals surface area contributed by atoms with Crippen LogP contribution in [0, 0.1) is 23.2 Å². The van der Waals surface area contributed by atoms with Gasteiger partial charge in [0.25, 0.3) is 0 Å². The Labute approximate surface area is 159 Å². The molecule has 5 heteroatoms. The van der Waals surface area contributed by atoms with Gasteiger partial charge in [0.05, 0.1) is 10.6 Å². The van der Waals surface area contributed by atoms with Crippen molar-refractivity contribution >= 4 is 11.6 Å². The van der Waals surface area contributed by atoms with E-state index in [1.807, 2.05) is 6.07 Å². The largest absolute Gasteiger partial charge is 0.488 e. The normalized spacial score (nSPS) is 33.7. The van der Waals surface area contributed by atoms with Gasteiger partial charge in [-0.25, -0.2) is 0 Å². The Morgan fingerprint density at radius 1 is 1.27 bits per heavy atom. The highest BCUT2D eigenvalue weighted by Gasteiger charge is 2.46. The second kappa shape index (κ2) is 7.44. The highest BCUT2D eigenvalue weighted by atomic mass is 35.5. The minimum atomic E-state index is 0.0653. The molecule has 136 valence electrons. The fraction of sp³-hybridized carbons (Fsp3) is 0.476. The van der Waals surface area contributed by atoms with Crippen LogP contribution in [0.3, 0.4) is 0 Å². The molecular weight excluding hydrogens is 346 g/mol. The minimum Gasteiger partial charge on any atom is -0.488 e. The highest BCUT2D eigenvalue weighted by molar-refractivity contribution is 6.31. The van der Waals surface area contributed by atoms with Crippen LogP contribution in [0.2, 0.25) is 5.02 Å². The molecule has 0 radical (unpaired) electrons. The quantitative estimate of drug-likeness (QED) is 0.885. The summed E-state index contributed by atoms with van der Waals surface area (Å²) in [5.74, 6) is 1.59. The minimum absolute atomic E-state index is 0.0653. The third-order valence-corrected chi connectivity index (χ3v) is 6.17. The van der Waals surface area contributed by atoms with Gasteiger partial charge in [-0.3, -0.25) is 4.90 Å². The Morgan fingerprint density at radius 2 is 2.12 bits per heavy atom. The van der Waals surface area contributed by atoms with E-state index in [1.54, 1.807) is 12.1 Å². The molecule has 0 amide bonds. The smallest absolute Gasteiger partial charge is 0.121 e. The topological polar surface area (TPSA) is 62.3 Å². The summed E-state index contributed by atoms with van der Waals surface area (Å²) in [6, 6.07) is 8.03. The Morgan fingerprint density at radius 3 is 2.88 bits per heavy atom. The van der Waals surface area contributed by atoms with Crippen molar-refractivity contribution in [2.45, 2.75) is 37.5 Å². The van der Waals surface area contributed by atoms with E-state index < -0.39 is 0 Å². The first-order valence-corrected chi connectivity index (χ1v) is 9.74. The molecule has 26 heavy (non-hydrogen) atoms. The number of nitrogens with zero attached hydrogens (tertiary/aromatic N) is 2. The predicted octanol–water partition coefficient (Wildman–Crippen LogP) is 3.51. The lowest BCUT2D eigenvalue weighted by molar-refractivity contribution is 0.0565. The number of benzene rings is 1. The maximum atomic E-state index is 9.07. The molecule has 3 aliphatic rings. The number of rotatable bonds is 3. The van der Waals surface area contributed by atoms with Gasteiger partial charge in [-0.15, -0.1) is 0 Å². The molecular formula is C21H24ClN3O. The lowest BCUT2D eigenvalue weighted by atomic mass is 9.91. The van der Waals surface area contributed by atoms with Crippen molar-refractivity contribution in [3.8, 4) is 11.8 Å². The van der Waals surface area contributed by atoms with Crippen molar-refractivity contribution in [2.24, 2.45) is 17.6 Å². The molecule has 1 saturated carbocycles. The fourth-order valence-corrected chi connectivity index (χ4v) is 4.81. The Balaban J connectivity index is 1.59. The van der Waals surface area contributed by atoms with Gasteiger partial charge < -0.3 is 10.5 Å². The second-order valence-electron chi connectivity index (χ2n) is 7.55. The number of fused-ring (bicyclic) bond motifs is 1. The van der Waals surface area contributed by atoms with Crippen molar-refractivity contribution in [3.63, 3.8) is 0 Å². The van der Waals surface area contributed by atoms with E-state index in [0.29, 0.717) is 28.5 Å². The predicted molar refractivity (Wildman–Crippen MR) is 103 cm³/mol. The van der Waals surface area contributed by atoms with Gasteiger partial charge in [-0.05, 0) is 43.9 Å². The summed E-state index contributed by atoms with van der Waals surface area (Å²) in [4.78, 5) is 2.52. The lowest BCUT2D eigenvalue weighted by Gasteiger charge is -2.38. The van der Waals surface area contributed by atoms with Gasteiger partial charge >= 0.3 is 0 Å². The number of likely N-dealkylation sites (tertiary alicyclic amines) is 1. The van der Waals surface area contributed by atoms with Crippen LogP contribution in [0.5, 0.6) is 5.75 Å². The highest BCUT2D eigenvalue weighted by Crippen LogP contribution is 2.42. The SMILES string of the molecule is N#Cc1ccc(O[C@@H]2C3C=CC=CC3C[C@H]2N2CCC[C@@H](N)C2)cc1Cl. The number of halogens is 1. The molecule has 2 N–H and O–H groups in total. The summed E-state index contributed by atoms with van der Waals surface area (Å²) in [7, 11) is 0. The Kier molecular flexibility index (Phi) is 5.04. The van der Waals surface area contributed by atoms with Gasteiger partial charge in [-0.2, -0.15) is 5.26 Å². The summed E-state index contributed by atoms with van der Waals surface area (Å²) in [5.41, 5.74) is 6.71. The number of hydrogen-bond donors (Lipinski definition) is 1. The number of ether oxygens (including phenoxy) is 1. The molecule has 0 bridgehead atoms. The molecule has 4 nitrogen and oxygen atoms in total. The van der Waals surface area contributed by atoms with E-state index >= 15 is 0 Å². The van der Waals surface area contributed by atoms with Gasteiger partial charge in [0, 0.05) is 30.6 Å². The van der Waals surface area contributed by atoms with Gasteiger partial charge in [0.1, 0.15) is 17.9 Å². The molecule has 0 aromatic heterocycles. The number of nitrogens with two attached hydrogens (primary N) is 1. The van der Waals surface area contributed by atoms with Crippen LogP contribution in [0.25, 0.3) is 0 Å². The third kappa shape index (κ3) is 3.40. The molecule has 2 fully saturated rings. The third-order valence-electron chi connectivity index (χ3n) is 5.86. The Bertz CT molecular complexity index is 769. The van der Waals surface area contributed by atoms with Crippen molar-refractivity contribution in [3.05, 3.63) is 53.1 Å². The van der Waals surface area contributed by atoms with Crippen LogP contribution in [0.1, 0.15) is 24.8 Å². The summed E-state index contributed by atoms with van der Waals surface area (Å²) >= 11 is 6.20. The molecule has 1 saturated heterocycles. The first-order chi connectivity index (χ1) is 12.7. The van der Waals surface area contributed by atoms with Crippen LogP contribution in [-0.4, -0.2) is 36.2 Å². The van der Waals surface area contributed by atoms with E-state index in [-0.39, 0.29) is 12.1 Å².